The van der Waals surface area contributed by atoms with Crippen molar-refractivity contribution in [2.45, 2.75) is 6.42 Å². The maximum Gasteiger partial charge on any atom is 0.347 e. The van der Waals surface area contributed by atoms with Crippen molar-refractivity contribution in [1.82, 2.24) is 4.90 Å². The van der Waals surface area contributed by atoms with Gasteiger partial charge in [-0.3, -0.25) is 15.0 Å². The van der Waals surface area contributed by atoms with Gasteiger partial charge in [-0.05, 0) is 24.4 Å². The first kappa shape index (κ1) is 16.2. The van der Waals surface area contributed by atoms with E-state index >= 15 is 0 Å². The summed E-state index contributed by atoms with van der Waals surface area (Å²) >= 11 is 1.16. The summed E-state index contributed by atoms with van der Waals surface area (Å²) in [5.74, 6) is 0. The predicted molar refractivity (Wildman–Crippen MR) is 78.6 cm³/mol. The zero-order valence-electron chi connectivity index (χ0n) is 10.5. The van der Waals surface area contributed by atoms with Gasteiger partial charge in [-0.2, -0.15) is 0 Å². The van der Waals surface area contributed by atoms with Crippen LogP contribution < -0.4 is 5.32 Å². The maximum absolute atomic E-state index is 10.7. The molecule has 1 N–H and O–H groups in total. The number of hydrogen-bond donors (Lipinski definition) is 1. The first-order valence-corrected chi connectivity index (χ1v) is 6.91. The molecule has 6 nitrogen and oxygen atoms in total. The fraction of sp³-hybridized carbons (Fsp3) is 0.636. The highest BCUT2D eigenvalue weighted by molar-refractivity contribution is 7.14. The minimum absolute atomic E-state index is 0. The molecule has 0 saturated carbocycles. The van der Waals surface area contributed by atoms with Crippen molar-refractivity contribution in [3.8, 4) is 0 Å². The summed E-state index contributed by atoms with van der Waals surface area (Å²) in [7, 11) is 0. The molecule has 0 bridgehead atoms. The number of morpholine rings is 1. The lowest BCUT2D eigenvalue weighted by Gasteiger charge is -2.26. The van der Waals surface area contributed by atoms with Crippen LogP contribution in [0, 0.1) is 10.1 Å². The Balaban J connectivity index is 0.00000180. The summed E-state index contributed by atoms with van der Waals surface area (Å²) in [6.45, 7) is 5.35. The molecule has 2 heterocycles. The molecule has 0 aromatic carbocycles. The van der Waals surface area contributed by atoms with Crippen LogP contribution >= 0.6 is 23.7 Å². The maximum atomic E-state index is 10.7. The number of halogens is 1. The topological polar surface area (TPSA) is 67.6 Å². The molecule has 0 radical (unpaired) electrons. The van der Waals surface area contributed by atoms with Crippen molar-refractivity contribution in [2.75, 3.05) is 44.7 Å². The third-order valence-electron chi connectivity index (χ3n) is 2.88. The van der Waals surface area contributed by atoms with Crippen molar-refractivity contribution in [3.63, 3.8) is 0 Å². The lowest BCUT2D eigenvalue weighted by atomic mass is 10.3. The molecule has 2 rings (SSSR count). The number of nitro groups is 1. The van der Waals surface area contributed by atoms with Crippen LogP contribution in [0.4, 0.5) is 10.7 Å². The Morgan fingerprint density at radius 1 is 1.47 bits per heavy atom. The Labute approximate surface area is 122 Å². The highest BCUT2D eigenvalue weighted by Gasteiger charge is 2.14. The van der Waals surface area contributed by atoms with E-state index in [2.05, 4.69) is 10.2 Å². The summed E-state index contributed by atoms with van der Waals surface area (Å²) in [4.78, 5) is 12.7. The van der Waals surface area contributed by atoms with Gasteiger partial charge in [0.15, 0.2) is 0 Å². The lowest BCUT2D eigenvalue weighted by molar-refractivity contribution is -0.379. The van der Waals surface area contributed by atoms with Gasteiger partial charge < -0.3 is 10.1 Å². The second-order valence-electron chi connectivity index (χ2n) is 4.13. The summed E-state index contributed by atoms with van der Waals surface area (Å²) in [6, 6.07) is 1.76. The molecule has 0 amide bonds. The van der Waals surface area contributed by atoms with Crippen LogP contribution in [0.5, 0.6) is 0 Å². The molecule has 1 aromatic rings. The van der Waals surface area contributed by atoms with E-state index in [-0.39, 0.29) is 22.3 Å². The molecule has 0 atom stereocenters. The number of anilines is 1. The molecule has 19 heavy (non-hydrogen) atoms. The van der Waals surface area contributed by atoms with E-state index in [9.17, 15) is 10.1 Å². The van der Waals surface area contributed by atoms with Crippen molar-refractivity contribution >= 4 is 34.4 Å². The van der Waals surface area contributed by atoms with Crippen LogP contribution in [0.1, 0.15) is 6.42 Å². The Morgan fingerprint density at radius 3 is 2.89 bits per heavy atom. The molecule has 1 aromatic heterocycles. The average Bonchev–Trinajstić information content (AvgIpc) is 2.84. The molecule has 1 aliphatic rings. The number of ether oxygens (including phenoxy) is 1. The van der Waals surface area contributed by atoms with Gasteiger partial charge in [0.2, 0.25) is 0 Å². The second-order valence-corrected chi connectivity index (χ2v) is 5.03. The summed E-state index contributed by atoms with van der Waals surface area (Å²) in [6.07, 6.45) is 0.979. The van der Waals surface area contributed by atoms with Gasteiger partial charge in [0.05, 0.1) is 18.1 Å². The molecule has 0 spiro atoms. The van der Waals surface area contributed by atoms with E-state index in [0.717, 1.165) is 57.2 Å². The average molecular weight is 308 g/mol. The van der Waals surface area contributed by atoms with Crippen LogP contribution in [-0.4, -0.2) is 49.2 Å². The molecule has 1 saturated heterocycles. The Kier molecular flexibility index (Phi) is 7.07. The van der Waals surface area contributed by atoms with Crippen molar-refractivity contribution in [2.24, 2.45) is 0 Å². The van der Waals surface area contributed by atoms with Crippen LogP contribution in [0.2, 0.25) is 0 Å². The number of thiophene rings is 1. The smallest absolute Gasteiger partial charge is 0.347 e. The SMILES string of the molecule is Cl.O=[N+]([O-])c1sccc1NCCCN1CCOCC1. The van der Waals surface area contributed by atoms with E-state index in [1.165, 1.54) is 0 Å². The number of rotatable bonds is 6. The molecular weight excluding hydrogens is 290 g/mol. The van der Waals surface area contributed by atoms with Crippen molar-refractivity contribution in [1.29, 1.82) is 0 Å². The van der Waals surface area contributed by atoms with Gasteiger partial charge in [0.25, 0.3) is 0 Å². The molecule has 0 aliphatic carbocycles. The van der Waals surface area contributed by atoms with Crippen LogP contribution in [0.15, 0.2) is 11.4 Å². The van der Waals surface area contributed by atoms with Crippen LogP contribution in [0.3, 0.4) is 0 Å². The van der Waals surface area contributed by atoms with E-state index < -0.39 is 0 Å². The second kappa shape index (κ2) is 8.31. The zero-order chi connectivity index (χ0) is 12.8. The largest absolute Gasteiger partial charge is 0.379 e. The molecule has 1 fully saturated rings. The predicted octanol–water partition coefficient (Wildman–Crippen LogP) is 2.21. The fourth-order valence-corrected chi connectivity index (χ4v) is 2.61. The van der Waals surface area contributed by atoms with E-state index in [4.69, 9.17) is 4.74 Å². The molecular formula is C11H18ClN3O3S. The third kappa shape index (κ3) is 4.94. The van der Waals surface area contributed by atoms with Crippen LogP contribution in [-0.2, 0) is 4.74 Å². The Morgan fingerprint density at radius 2 is 2.21 bits per heavy atom. The van der Waals surface area contributed by atoms with E-state index in [1.807, 2.05) is 0 Å². The first-order chi connectivity index (χ1) is 8.77. The van der Waals surface area contributed by atoms with Gasteiger partial charge in [0.1, 0.15) is 5.69 Å². The first-order valence-electron chi connectivity index (χ1n) is 6.03. The summed E-state index contributed by atoms with van der Waals surface area (Å²) in [5.41, 5.74) is 0.631. The zero-order valence-corrected chi connectivity index (χ0v) is 12.2. The standard InChI is InChI=1S/C11H17N3O3S.ClH/c15-14(16)11-10(2-9-18-11)12-3-1-4-13-5-7-17-8-6-13;/h2,9,12H,1,3-8H2;1H. The normalized spacial score (nSPS) is 15.8. The van der Waals surface area contributed by atoms with Gasteiger partial charge in [0, 0.05) is 19.6 Å². The number of hydrogen-bond acceptors (Lipinski definition) is 6. The monoisotopic (exact) mass is 307 g/mol. The van der Waals surface area contributed by atoms with Crippen molar-refractivity contribution < 1.29 is 9.66 Å². The fourth-order valence-electron chi connectivity index (χ4n) is 1.93. The van der Waals surface area contributed by atoms with E-state index in [0.29, 0.717) is 5.69 Å². The van der Waals surface area contributed by atoms with Gasteiger partial charge in [-0.1, -0.05) is 11.3 Å². The summed E-state index contributed by atoms with van der Waals surface area (Å²) < 4.78 is 5.28. The molecule has 1 aliphatic heterocycles. The summed E-state index contributed by atoms with van der Waals surface area (Å²) in [5, 5.41) is 15.8. The highest BCUT2D eigenvalue weighted by atomic mass is 35.5. The lowest BCUT2D eigenvalue weighted by Crippen LogP contribution is -2.37. The molecule has 108 valence electrons. The Hall–Kier alpha value is -0.890. The molecule has 8 heteroatoms. The van der Waals surface area contributed by atoms with Gasteiger partial charge >= 0.3 is 5.00 Å². The molecule has 0 unspecified atom stereocenters. The Bertz CT molecular complexity index is 396. The van der Waals surface area contributed by atoms with Crippen molar-refractivity contribution in [3.05, 3.63) is 21.6 Å². The number of nitrogens with one attached hydrogen (secondary N) is 1. The highest BCUT2D eigenvalue weighted by Crippen LogP contribution is 2.30. The minimum Gasteiger partial charge on any atom is -0.379 e. The van der Waals surface area contributed by atoms with Crippen LogP contribution in [0.25, 0.3) is 0 Å². The van der Waals surface area contributed by atoms with Gasteiger partial charge in [-0.25, -0.2) is 0 Å². The van der Waals surface area contributed by atoms with E-state index in [1.54, 1.807) is 11.4 Å². The van der Waals surface area contributed by atoms with Gasteiger partial charge in [-0.15, -0.1) is 12.4 Å². The minimum atomic E-state index is -0.338. The number of nitrogens with zero attached hydrogens (tertiary/aromatic N) is 2. The third-order valence-corrected chi connectivity index (χ3v) is 3.75. The quantitative estimate of drug-likeness (QED) is 0.496.